The van der Waals surface area contributed by atoms with Gasteiger partial charge in [-0.25, -0.2) is 9.97 Å². The predicted molar refractivity (Wildman–Crippen MR) is 114 cm³/mol. The summed E-state index contributed by atoms with van der Waals surface area (Å²) in [6, 6.07) is 22.3. The largest absolute Gasteiger partial charge is 0.323 e. The van der Waals surface area contributed by atoms with Crippen LogP contribution in [-0.4, -0.2) is 15.9 Å². The Labute approximate surface area is 163 Å². The molecule has 0 aliphatic carbocycles. The number of nitrogens with one attached hydrogen (secondary N) is 1. The maximum absolute atomic E-state index is 11.9. The van der Waals surface area contributed by atoms with Gasteiger partial charge in [-0.1, -0.05) is 48.5 Å². The van der Waals surface area contributed by atoms with Crippen molar-refractivity contribution in [2.45, 2.75) is 6.92 Å². The quantitative estimate of drug-likeness (QED) is 0.487. The average Bonchev–Trinajstić information content (AvgIpc) is 2.74. The highest BCUT2D eigenvalue weighted by atomic mass is 16.1. The number of carbonyl (C=O) groups excluding carboxylic acids is 1. The van der Waals surface area contributed by atoms with Crippen molar-refractivity contribution in [2.24, 2.45) is 0 Å². The maximum atomic E-state index is 11.9. The number of fused-ring (bicyclic) bond motifs is 1. The zero-order chi connectivity index (χ0) is 19.3. The fourth-order valence-electron chi connectivity index (χ4n) is 3.22. The molecule has 0 aliphatic heterocycles. The van der Waals surface area contributed by atoms with E-state index in [2.05, 4.69) is 39.6 Å². The van der Waals surface area contributed by atoms with Gasteiger partial charge in [0.05, 0.1) is 5.52 Å². The topological polar surface area (TPSA) is 54.9 Å². The minimum atomic E-state index is -0.148. The number of aromatic nitrogens is 2. The van der Waals surface area contributed by atoms with E-state index < -0.39 is 0 Å². The summed E-state index contributed by atoms with van der Waals surface area (Å²) in [4.78, 5) is 20.6. The van der Waals surface area contributed by atoms with E-state index in [1.165, 1.54) is 6.08 Å². The van der Waals surface area contributed by atoms with Gasteiger partial charge in [0.1, 0.15) is 6.33 Å². The van der Waals surface area contributed by atoms with E-state index in [1.54, 1.807) is 12.4 Å². The molecule has 1 aromatic heterocycles. The first-order valence-corrected chi connectivity index (χ1v) is 9.08. The molecule has 0 saturated heterocycles. The van der Waals surface area contributed by atoms with Crippen molar-refractivity contribution in [1.29, 1.82) is 0 Å². The van der Waals surface area contributed by atoms with E-state index >= 15 is 0 Å². The van der Waals surface area contributed by atoms with E-state index in [9.17, 15) is 4.79 Å². The molecule has 28 heavy (non-hydrogen) atoms. The van der Waals surface area contributed by atoms with E-state index in [1.807, 2.05) is 55.6 Å². The van der Waals surface area contributed by atoms with Gasteiger partial charge in [0, 0.05) is 22.8 Å². The molecule has 1 heterocycles. The van der Waals surface area contributed by atoms with Crippen LogP contribution in [0.5, 0.6) is 0 Å². The molecule has 4 nitrogen and oxygen atoms in total. The lowest BCUT2D eigenvalue weighted by Gasteiger charge is -2.11. The predicted octanol–water partition coefficient (Wildman–Crippen LogP) is 5.48. The lowest BCUT2D eigenvalue weighted by Crippen LogP contribution is -2.07. The van der Waals surface area contributed by atoms with Crippen LogP contribution in [0.15, 0.2) is 91.4 Å². The van der Waals surface area contributed by atoms with Gasteiger partial charge in [-0.2, -0.15) is 0 Å². The second-order valence-corrected chi connectivity index (χ2v) is 6.42. The summed E-state index contributed by atoms with van der Waals surface area (Å²) in [6.45, 7) is 1.82. The number of hydrogen-bond donors (Lipinski definition) is 1. The molecule has 0 saturated carbocycles. The van der Waals surface area contributed by atoms with Crippen LogP contribution in [0, 0.1) is 0 Å². The van der Waals surface area contributed by atoms with Crippen LogP contribution in [0.1, 0.15) is 6.92 Å². The zero-order valence-electron chi connectivity index (χ0n) is 15.5. The highest BCUT2D eigenvalue weighted by molar-refractivity contribution is 6.01. The highest BCUT2D eigenvalue weighted by Gasteiger charge is 2.10. The molecule has 136 valence electrons. The molecule has 0 fully saturated rings. The zero-order valence-corrected chi connectivity index (χ0v) is 15.5. The molecule has 0 bridgehead atoms. The number of benzene rings is 3. The van der Waals surface area contributed by atoms with Crippen LogP contribution in [-0.2, 0) is 4.79 Å². The van der Waals surface area contributed by atoms with Gasteiger partial charge in [-0.15, -0.1) is 0 Å². The minimum absolute atomic E-state index is 0.148. The Morgan fingerprint density at radius 1 is 0.929 bits per heavy atom. The van der Waals surface area contributed by atoms with Crippen LogP contribution in [0.3, 0.4) is 0 Å². The van der Waals surface area contributed by atoms with Gasteiger partial charge >= 0.3 is 0 Å². The van der Waals surface area contributed by atoms with Crippen molar-refractivity contribution in [3.63, 3.8) is 0 Å². The highest BCUT2D eigenvalue weighted by Crippen LogP contribution is 2.33. The van der Waals surface area contributed by atoms with Gasteiger partial charge in [-0.05, 0) is 54.0 Å². The second-order valence-electron chi connectivity index (χ2n) is 6.42. The Hall–Kier alpha value is -3.79. The van der Waals surface area contributed by atoms with Crippen molar-refractivity contribution >= 4 is 22.5 Å². The van der Waals surface area contributed by atoms with Crippen LogP contribution in [0.2, 0.25) is 0 Å². The molecular weight excluding hydrogens is 346 g/mol. The molecule has 1 N–H and O–H groups in total. The summed E-state index contributed by atoms with van der Waals surface area (Å²) < 4.78 is 0. The molecule has 0 unspecified atom stereocenters. The molecule has 4 heteroatoms. The molecule has 0 atom stereocenters. The smallest absolute Gasteiger partial charge is 0.248 e. The lowest BCUT2D eigenvalue weighted by atomic mass is 9.96. The standard InChI is InChI=1S/C24H19N3O/c1-2-7-23(28)27-21-11-6-10-18(13-21)22-14-19(17-8-4-3-5-9-17)12-20-15-25-16-26-24(20)22/h2-16H,1H3,(H,27,28)/b7-2+. The SMILES string of the molecule is C/C=C/C(=O)Nc1cccc(-c2cc(-c3ccccc3)cc3cncnc23)c1. The van der Waals surface area contributed by atoms with Crippen LogP contribution in [0.4, 0.5) is 5.69 Å². The normalized spacial score (nSPS) is 11.0. The minimum Gasteiger partial charge on any atom is -0.323 e. The van der Waals surface area contributed by atoms with Crippen molar-refractivity contribution < 1.29 is 4.79 Å². The molecule has 0 aliphatic rings. The third-order valence-electron chi connectivity index (χ3n) is 4.47. The van der Waals surface area contributed by atoms with E-state index in [0.29, 0.717) is 0 Å². The van der Waals surface area contributed by atoms with Gasteiger partial charge < -0.3 is 5.32 Å². The summed E-state index contributed by atoms with van der Waals surface area (Å²) in [6.07, 6.45) is 6.61. The van der Waals surface area contributed by atoms with Crippen molar-refractivity contribution in [3.8, 4) is 22.3 Å². The molecule has 1 amide bonds. The Balaban J connectivity index is 1.85. The molecule has 4 aromatic rings. The molecular formula is C24H19N3O. The molecule has 0 radical (unpaired) electrons. The first-order chi connectivity index (χ1) is 13.7. The summed E-state index contributed by atoms with van der Waals surface area (Å²) in [5.74, 6) is -0.148. The third-order valence-corrected chi connectivity index (χ3v) is 4.47. The van der Waals surface area contributed by atoms with Crippen LogP contribution >= 0.6 is 0 Å². The monoisotopic (exact) mass is 365 g/mol. The molecule has 3 aromatic carbocycles. The number of anilines is 1. The van der Waals surface area contributed by atoms with Crippen molar-refractivity contribution in [1.82, 2.24) is 9.97 Å². The van der Waals surface area contributed by atoms with Crippen LogP contribution in [0.25, 0.3) is 33.2 Å². The van der Waals surface area contributed by atoms with Crippen molar-refractivity contribution in [2.75, 3.05) is 5.32 Å². The summed E-state index contributed by atoms with van der Waals surface area (Å²) in [7, 11) is 0. The summed E-state index contributed by atoms with van der Waals surface area (Å²) >= 11 is 0. The van der Waals surface area contributed by atoms with Crippen molar-refractivity contribution in [3.05, 3.63) is 91.4 Å². The van der Waals surface area contributed by atoms with Crippen LogP contribution < -0.4 is 5.32 Å². The number of carbonyl (C=O) groups is 1. The van der Waals surface area contributed by atoms with Gasteiger partial charge in [-0.3, -0.25) is 4.79 Å². The van der Waals surface area contributed by atoms with Gasteiger partial charge in [0.25, 0.3) is 0 Å². The number of amides is 1. The van der Waals surface area contributed by atoms with Gasteiger partial charge in [0.2, 0.25) is 5.91 Å². The summed E-state index contributed by atoms with van der Waals surface area (Å²) in [5.41, 5.74) is 5.84. The fraction of sp³-hybridized carbons (Fsp3) is 0.0417. The van der Waals surface area contributed by atoms with E-state index in [-0.39, 0.29) is 5.91 Å². The Morgan fingerprint density at radius 2 is 1.75 bits per heavy atom. The van der Waals surface area contributed by atoms with E-state index in [0.717, 1.165) is 38.8 Å². The third kappa shape index (κ3) is 3.67. The Kier molecular flexibility index (Phi) is 4.93. The molecule has 4 rings (SSSR count). The first kappa shape index (κ1) is 17.6. The summed E-state index contributed by atoms with van der Waals surface area (Å²) in [5, 5.41) is 3.86. The Morgan fingerprint density at radius 3 is 2.57 bits per heavy atom. The van der Waals surface area contributed by atoms with Gasteiger partial charge in [0.15, 0.2) is 0 Å². The molecule has 0 spiro atoms. The second kappa shape index (κ2) is 7.84. The number of allylic oxidation sites excluding steroid dienone is 1. The van der Waals surface area contributed by atoms with E-state index in [4.69, 9.17) is 0 Å². The maximum Gasteiger partial charge on any atom is 0.248 e. The average molecular weight is 365 g/mol. The fourth-order valence-corrected chi connectivity index (χ4v) is 3.22. The number of hydrogen-bond acceptors (Lipinski definition) is 3. The lowest BCUT2D eigenvalue weighted by molar-refractivity contribution is -0.111. The number of rotatable bonds is 4. The Bertz CT molecular complexity index is 1170. The number of nitrogens with zero attached hydrogens (tertiary/aromatic N) is 2. The first-order valence-electron chi connectivity index (χ1n) is 9.08.